The second kappa shape index (κ2) is 5.92. The monoisotopic (exact) mass is 335 g/mol. The molecule has 0 aliphatic rings. The van der Waals surface area contributed by atoms with E-state index < -0.39 is 5.97 Å². The van der Waals surface area contributed by atoms with Crippen LogP contribution < -0.4 is 10.6 Å². The molecule has 2 rings (SSSR count). The van der Waals surface area contributed by atoms with Crippen molar-refractivity contribution in [1.29, 1.82) is 0 Å². The summed E-state index contributed by atoms with van der Waals surface area (Å²) in [5.41, 5.74) is 7.40. The third-order valence-electron chi connectivity index (χ3n) is 2.81. The molecule has 0 saturated carbocycles. The number of benzene rings is 1. The summed E-state index contributed by atoms with van der Waals surface area (Å²) < 4.78 is 1.01. The summed E-state index contributed by atoms with van der Waals surface area (Å²) in [7, 11) is 1.86. The molecule has 5 nitrogen and oxygen atoms in total. The fourth-order valence-electron chi connectivity index (χ4n) is 1.89. The van der Waals surface area contributed by atoms with Crippen LogP contribution in [-0.2, 0) is 6.54 Å². The van der Waals surface area contributed by atoms with E-state index in [1.807, 2.05) is 36.2 Å². The average molecular weight is 336 g/mol. The summed E-state index contributed by atoms with van der Waals surface area (Å²) in [5, 5.41) is 8.89. The molecule has 1 aromatic carbocycles. The Bertz CT molecular complexity index is 646. The van der Waals surface area contributed by atoms with Gasteiger partial charge in [-0.05, 0) is 23.8 Å². The summed E-state index contributed by atoms with van der Waals surface area (Å²) in [6, 6.07) is 9.35. The van der Waals surface area contributed by atoms with Gasteiger partial charge in [0.2, 0.25) is 0 Å². The molecular formula is C14H14BrN3O2. The highest BCUT2D eigenvalue weighted by Crippen LogP contribution is 2.22. The molecule has 104 valence electrons. The smallest absolute Gasteiger partial charge is 0.337 e. The molecular weight excluding hydrogens is 322 g/mol. The normalized spacial score (nSPS) is 10.3. The van der Waals surface area contributed by atoms with Gasteiger partial charge < -0.3 is 15.7 Å². The topological polar surface area (TPSA) is 79.5 Å². The lowest BCUT2D eigenvalue weighted by molar-refractivity contribution is 0.0696. The molecule has 0 spiro atoms. The fraction of sp³-hybridized carbons (Fsp3) is 0.143. The van der Waals surface area contributed by atoms with Crippen molar-refractivity contribution in [3.8, 4) is 0 Å². The number of nitrogens with two attached hydrogens (primary N) is 1. The molecule has 0 saturated heterocycles. The number of aromatic carboxylic acids is 1. The minimum atomic E-state index is -1.04. The van der Waals surface area contributed by atoms with Crippen LogP contribution in [0.1, 0.15) is 15.9 Å². The molecule has 3 N–H and O–H groups in total. The standard InChI is InChI=1S/C14H14BrN3O2/c1-18(8-9-3-2-4-11(15)5-9)13-12(16)6-10(7-17-13)14(19)20/h2-7H,8,16H2,1H3,(H,19,20). The molecule has 0 amide bonds. The van der Waals surface area contributed by atoms with Gasteiger partial charge in [0.1, 0.15) is 0 Å². The highest BCUT2D eigenvalue weighted by molar-refractivity contribution is 9.10. The van der Waals surface area contributed by atoms with Crippen molar-refractivity contribution < 1.29 is 9.90 Å². The summed E-state index contributed by atoms with van der Waals surface area (Å²) in [5.74, 6) is -0.472. The Hall–Kier alpha value is -2.08. The summed E-state index contributed by atoms with van der Waals surface area (Å²) in [4.78, 5) is 16.9. The Kier molecular flexibility index (Phi) is 4.24. The fourth-order valence-corrected chi connectivity index (χ4v) is 2.34. The van der Waals surface area contributed by atoms with Crippen LogP contribution in [0.25, 0.3) is 0 Å². The van der Waals surface area contributed by atoms with E-state index in [0.29, 0.717) is 18.1 Å². The summed E-state index contributed by atoms with van der Waals surface area (Å²) in [6.07, 6.45) is 1.31. The zero-order valence-electron chi connectivity index (χ0n) is 10.9. The van der Waals surface area contributed by atoms with Crippen LogP contribution in [0.5, 0.6) is 0 Å². The number of nitrogen functional groups attached to an aromatic ring is 1. The predicted molar refractivity (Wildman–Crippen MR) is 81.9 cm³/mol. The first kappa shape index (κ1) is 14.3. The molecule has 0 bridgehead atoms. The van der Waals surface area contributed by atoms with Crippen LogP contribution in [0, 0.1) is 0 Å². The van der Waals surface area contributed by atoms with Crippen LogP contribution in [0.15, 0.2) is 41.0 Å². The van der Waals surface area contributed by atoms with Crippen LogP contribution in [0.3, 0.4) is 0 Å². The van der Waals surface area contributed by atoms with Gasteiger partial charge in [-0.2, -0.15) is 0 Å². The Morgan fingerprint density at radius 3 is 2.80 bits per heavy atom. The van der Waals surface area contributed by atoms with Crippen molar-refractivity contribution in [2.45, 2.75) is 6.54 Å². The maximum Gasteiger partial charge on any atom is 0.337 e. The molecule has 0 atom stereocenters. The molecule has 20 heavy (non-hydrogen) atoms. The van der Waals surface area contributed by atoms with Gasteiger partial charge in [0.15, 0.2) is 5.82 Å². The van der Waals surface area contributed by atoms with Crippen molar-refractivity contribution in [2.75, 3.05) is 17.7 Å². The first-order valence-corrected chi connectivity index (χ1v) is 6.71. The number of anilines is 2. The lowest BCUT2D eigenvalue weighted by Crippen LogP contribution is -2.19. The number of nitrogens with zero attached hydrogens (tertiary/aromatic N) is 2. The molecule has 0 unspecified atom stereocenters. The van der Waals surface area contributed by atoms with E-state index in [1.54, 1.807) is 0 Å². The van der Waals surface area contributed by atoms with Gasteiger partial charge in [-0.25, -0.2) is 9.78 Å². The highest BCUT2D eigenvalue weighted by Gasteiger charge is 2.11. The van der Waals surface area contributed by atoms with Crippen molar-refractivity contribution in [3.63, 3.8) is 0 Å². The van der Waals surface area contributed by atoms with Gasteiger partial charge in [-0.1, -0.05) is 28.1 Å². The number of carbonyl (C=O) groups is 1. The Labute approximate surface area is 125 Å². The molecule has 0 fully saturated rings. The molecule has 0 aliphatic carbocycles. The van der Waals surface area contributed by atoms with Gasteiger partial charge in [0.05, 0.1) is 11.3 Å². The van der Waals surface area contributed by atoms with E-state index >= 15 is 0 Å². The predicted octanol–water partition coefficient (Wildman–Crippen LogP) is 2.76. The van der Waals surface area contributed by atoms with Crippen molar-refractivity contribution in [3.05, 3.63) is 52.1 Å². The highest BCUT2D eigenvalue weighted by atomic mass is 79.9. The Morgan fingerprint density at radius 2 is 2.20 bits per heavy atom. The maximum absolute atomic E-state index is 10.8. The zero-order valence-corrected chi connectivity index (χ0v) is 12.5. The van der Waals surface area contributed by atoms with Gasteiger partial charge in [0.25, 0.3) is 0 Å². The SMILES string of the molecule is CN(Cc1cccc(Br)c1)c1ncc(C(=O)O)cc1N. The minimum absolute atomic E-state index is 0.0853. The molecule has 2 aromatic rings. The quantitative estimate of drug-likeness (QED) is 0.897. The molecule has 1 heterocycles. The van der Waals surface area contributed by atoms with Crippen molar-refractivity contribution in [2.24, 2.45) is 0 Å². The Balaban J connectivity index is 2.21. The van der Waals surface area contributed by atoms with E-state index in [2.05, 4.69) is 20.9 Å². The van der Waals surface area contributed by atoms with Crippen LogP contribution >= 0.6 is 15.9 Å². The van der Waals surface area contributed by atoms with Gasteiger partial charge in [0, 0.05) is 24.3 Å². The number of rotatable bonds is 4. The summed E-state index contributed by atoms with van der Waals surface area (Å²) >= 11 is 3.42. The first-order valence-electron chi connectivity index (χ1n) is 5.92. The number of carboxylic acid groups (broad SMARTS) is 1. The minimum Gasteiger partial charge on any atom is -0.478 e. The van der Waals surface area contributed by atoms with Crippen LogP contribution in [0.2, 0.25) is 0 Å². The van der Waals surface area contributed by atoms with Crippen LogP contribution in [0.4, 0.5) is 11.5 Å². The van der Waals surface area contributed by atoms with E-state index in [4.69, 9.17) is 10.8 Å². The van der Waals surface area contributed by atoms with Crippen LogP contribution in [-0.4, -0.2) is 23.1 Å². The lowest BCUT2D eigenvalue weighted by atomic mass is 10.2. The number of halogens is 1. The molecule has 0 radical (unpaired) electrons. The van der Waals surface area contributed by atoms with Crippen molar-refractivity contribution >= 4 is 33.4 Å². The second-order valence-corrected chi connectivity index (χ2v) is 5.34. The average Bonchev–Trinajstić information content (AvgIpc) is 2.38. The number of aromatic nitrogens is 1. The van der Waals surface area contributed by atoms with E-state index in [-0.39, 0.29) is 5.56 Å². The first-order chi connectivity index (χ1) is 9.47. The number of carboxylic acids is 1. The summed E-state index contributed by atoms with van der Waals surface area (Å²) in [6.45, 7) is 0.628. The Morgan fingerprint density at radius 1 is 1.45 bits per heavy atom. The third-order valence-corrected chi connectivity index (χ3v) is 3.31. The second-order valence-electron chi connectivity index (χ2n) is 4.43. The molecule has 1 aromatic heterocycles. The third kappa shape index (κ3) is 3.27. The largest absolute Gasteiger partial charge is 0.478 e. The lowest BCUT2D eigenvalue weighted by Gasteiger charge is -2.20. The van der Waals surface area contributed by atoms with Gasteiger partial charge in [-0.15, -0.1) is 0 Å². The molecule has 0 aliphatic heterocycles. The van der Waals surface area contributed by atoms with E-state index in [9.17, 15) is 4.79 Å². The maximum atomic E-state index is 10.8. The zero-order chi connectivity index (χ0) is 14.7. The number of hydrogen-bond acceptors (Lipinski definition) is 4. The van der Waals surface area contributed by atoms with Gasteiger partial charge in [-0.3, -0.25) is 0 Å². The van der Waals surface area contributed by atoms with E-state index in [0.717, 1.165) is 10.0 Å². The number of hydrogen-bond donors (Lipinski definition) is 2. The molecule has 6 heteroatoms. The van der Waals surface area contributed by atoms with E-state index in [1.165, 1.54) is 12.3 Å². The van der Waals surface area contributed by atoms with Crippen molar-refractivity contribution in [1.82, 2.24) is 4.98 Å². The van der Waals surface area contributed by atoms with Gasteiger partial charge >= 0.3 is 5.97 Å². The number of pyridine rings is 1.